The highest BCUT2D eigenvalue weighted by atomic mass is 127. The zero-order chi connectivity index (χ0) is 20.2. The molecule has 2 fully saturated rings. The topological polar surface area (TPSA) is 77.0 Å². The van der Waals surface area contributed by atoms with E-state index in [0.29, 0.717) is 31.2 Å². The van der Waals surface area contributed by atoms with Crippen LogP contribution < -0.4 is 15.4 Å². The molecule has 2 aliphatic rings. The minimum Gasteiger partial charge on any atom is -0.474 e. The molecule has 0 spiro atoms. The number of aliphatic imine (C=N–C) groups is 1. The highest BCUT2D eigenvalue weighted by Crippen LogP contribution is 2.23. The molecule has 1 aliphatic carbocycles. The molecular formula is C22H37IN4O3. The molecule has 2 N–H and O–H groups in total. The molecule has 1 aromatic rings. The standard InChI is InChI=1S/C22H36N4O3.HI/c1-2-23-22(25-11-6-13-27-17-20-9-5-14-28-20)26-16-18-10-12-24-21(15-18)29-19-7-3-4-8-19;/h10,12,15,19-20H,2-9,11,13-14,16-17H2,1H3,(H2,23,25,26);1H. The summed E-state index contributed by atoms with van der Waals surface area (Å²) in [4.78, 5) is 9.04. The van der Waals surface area contributed by atoms with Gasteiger partial charge in [-0.1, -0.05) is 0 Å². The maximum Gasteiger partial charge on any atom is 0.213 e. The number of guanidine groups is 1. The summed E-state index contributed by atoms with van der Waals surface area (Å²) in [7, 11) is 0. The lowest BCUT2D eigenvalue weighted by Crippen LogP contribution is -2.38. The summed E-state index contributed by atoms with van der Waals surface area (Å²) in [6.07, 6.45) is 10.4. The van der Waals surface area contributed by atoms with Gasteiger partial charge in [-0.3, -0.25) is 0 Å². The fourth-order valence-corrected chi connectivity index (χ4v) is 3.67. The number of hydrogen-bond acceptors (Lipinski definition) is 5. The molecule has 0 bridgehead atoms. The molecule has 0 radical (unpaired) electrons. The van der Waals surface area contributed by atoms with Crippen LogP contribution in [0.15, 0.2) is 23.3 Å². The van der Waals surface area contributed by atoms with Gasteiger partial charge in [0.2, 0.25) is 5.88 Å². The molecule has 0 aromatic carbocycles. The number of halogens is 1. The Kier molecular flexibility index (Phi) is 12.4. The van der Waals surface area contributed by atoms with Crippen molar-refractivity contribution in [2.45, 2.75) is 70.6 Å². The van der Waals surface area contributed by atoms with Crippen molar-refractivity contribution >= 4 is 29.9 Å². The summed E-state index contributed by atoms with van der Waals surface area (Å²) in [5, 5.41) is 6.67. The third-order valence-corrected chi connectivity index (χ3v) is 5.24. The summed E-state index contributed by atoms with van der Waals surface area (Å²) in [5.74, 6) is 1.53. The summed E-state index contributed by atoms with van der Waals surface area (Å²) in [6, 6.07) is 4.00. The van der Waals surface area contributed by atoms with Crippen molar-refractivity contribution in [2.75, 3.05) is 32.9 Å². The van der Waals surface area contributed by atoms with Gasteiger partial charge in [-0.2, -0.15) is 0 Å². The molecule has 0 amide bonds. The van der Waals surface area contributed by atoms with E-state index in [-0.39, 0.29) is 24.0 Å². The van der Waals surface area contributed by atoms with Crippen LogP contribution in [0.4, 0.5) is 0 Å². The molecule has 1 aromatic heterocycles. The third kappa shape index (κ3) is 9.34. The van der Waals surface area contributed by atoms with Gasteiger partial charge in [0.1, 0.15) is 6.10 Å². The summed E-state index contributed by atoms with van der Waals surface area (Å²) in [5.41, 5.74) is 1.10. The summed E-state index contributed by atoms with van der Waals surface area (Å²) in [6.45, 7) is 6.64. The van der Waals surface area contributed by atoms with Crippen molar-refractivity contribution in [3.8, 4) is 5.88 Å². The first-order valence-corrected chi connectivity index (χ1v) is 11.2. The first-order valence-electron chi connectivity index (χ1n) is 11.2. The van der Waals surface area contributed by atoms with Crippen LogP contribution >= 0.6 is 24.0 Å². The average molecular weight is 532 g/mol. The first kappa shape index (κ1) is 25.1. The Morgan fingerprint density at radius 3 is 2.87 bits per heavy atom. The second-order valence-corrected chi connectivity index (χ2v) is 7.71. The Morgan fingerprint density at radius 1 is 1.23 bits per heavy atom. The molecule has 1 aliphatic heterocycles. The SMILES string of the molecule is CCNC(=NCc1ccnc(OC2CCCC2)c1)NCCCOCC1CCCO1.I. The molecule has 8 heteroatoms. The first-order chi connectivity index (χ1) is 14.3. The number of aromatic nitrogens is 1. The highest BCUT2D eigenvalue weighted by molar-refractivity contribution is 14.0. The van der Waals surface area contributed by atoms with Gasteiger partial charge in [0, 0.05) is 38.6 Å². The molecule has 3 rings (SSSR count). The van der Waals surface area contributed by atoms with Gasteiger partial charge in [-0.25, -0.2) is 9.98 Å². The van der Waals surface area contributed by atoms with Gasteiger partial charge in [-0.05, 0) is 63.5 Å². The predicted molar refractivity (Wildman–Crippen MR) is 130 cm³/mol. The number of hydrogen-bond donors (Lipinski definition) is 2. The largest absolute Gasteiger partial charge is 0.474 e. The van der Waals surface area contributed by atoms with E-state index in [1.165, 1.54) is 12.8 Å². The van der Waals surface area contributed by atoms with Crippen molar-refractivity contribution in [1.29, 1.82) is 0 Å². The average Bonchev–Trinajstić information content (AvgIpc) is 3.43. The van der Waals surface area contributed by atoms with Gasteiger partial charge in [0.15, 0.2) is 5.96 Å². The fourth-order valence-electron chi connectivity index (χ4n) is 3.67. The zero-order valence-corrected chi connectivity index (χ0v) is 20.4. The van der Waals surface area contributed by atoms with Crippen molar-refractivity contribution in [3.63, 3.8) is 0 Å². The molecule has 2 heterocycles. The maximum absolute atomic E-state index is 6.00. The second-order valence-electron chi connectivity index (χ2n) is 7.71. The van der Waals surface area contributed by atoms with Crippen molar-refractivity contribution in [1.82, 2.24) is 15.6 Å². The quantitative estimate of drug-likeness (QED) is 0.196. The molecule has 7 nitrogen and oxygen atoms in total. The predicted octanol–water partition coefficient (Wildman–Crippen LogP) is 3.66. The van der Waals surface area contributed by atoms with Crippen LogP contribution in [0.3, 0.4) is 0 Å². The number of nitrogens with one attached hydrogen (secondary N) is 2. The number of rotatable bonds is 11. The van der Waals surface area contributed by atoms with Gasteiger partial charge < -0.3 is 24.8 Å². The van der Waals surface area contributed by atoms with E-state index >= 15 is 0 Å². The molecule has 1 unspecified atom stereocenters. The van der Waals surface area contributed by atoms with Crippen LogP contribution in [-0.4, -0.2) is 56.1 Å². The number of pyridine rings is 1. The molecule has 30 heavy (non-hydrogen) atoms. The van der Waals surface area contributed by atoms with Crippen LogP contribution in [0, 0.1) is 0 Å². The Labute approximate surface area is 197 Å². The molecule has 1 saturated carbocycles. The van der Waals surface area contributed by atoms with E-state index in [0.717, 1.165) is 69.9 Å². The molecular weight excluding hydrogens is 495 g/mol. The Morgan fingerprint density at radius 2 is 2.10 bits per heavy atom. The minimum absolute atomic E-state index is 0. The number of ether oxygens (including phenoxy) is 3. The van der Waals surface area contributed by atoms with Crippen LogP contribution in [0.1, 0.15) is 57.4 Å². The van der Waals surface area contributed by atoms with Crippen molar-refractivity contribution < 1.29 is 14.2 Å². The molecule has 170 valence electrons. The van der Waals surface area contributed by atoms with E-state index in [9.17, 15) is 0 Å². The van der Waals surface area contributed by atoms with Gasteiger partial charge in [0.05, 0.1) is 19.3 Å². The zero-order valence-electron chi connectivity index (χ0n) is 18.1. The van der Waals surface area contributed by atoms with Crippen LogP contribution in [0.5, 0.6) is 5.88 Å². The lowest BCUT2D eigenvalue weighted by atomic mass is 10.2. The minimum atomic E-state index is 0. The monoisotopic (exact) mass is 532 g/mol. The van der Waals surface area contributed by atoms with E-state index in [2.05, 4.69) is 27.5 Å². The summed E-state index contributed by atoms with van der Waals surface area (Å²) < 4.78 is 17.3. The summed E-state index contributed by atoms with van der Waals surface area (Å²) >= 11 is 0. The Balaban J connectivity index is 0.00000320. The lowest BCUT2D eigenvalue weighted by Gasteiger charge is -2.13. The Hall–Kier alpha value is -1.13. The third-order valence-electron chi connectivity index (χ3n) is 5.24. The van der Waals surface area contributed by atoms with E-state index in [1.54, 1.807) is 6.20 Å². The van der Waals surface area contributed by atoms with Gasteiger partial charge in [0.25, 0.3) is 0 Å². The van der Waals surface area contributed by atoms with Crippen LogP contribution in [0.2, 0.25) is 0 Å². The smallest absolute Gasteiger partial charge is 0.213 e. The normalized spacial score (nSPS) is 19.5. The molecule has 1 atom stereocenters. The van der Waals surface area contributed by atoms with Crippen molar-refractivity contribution in [3.05, 3.63) is 23.9 Å². The number of nitrogens with zero attached hydrogens (tertiary/aromatic N) is 2. The van der Waals surface area contributed by atoms with E-state index < -0.39 is 0 Å². The van der Waals surface area contributed by atoms with Gasteiger partial charge in [-0.15, -0.1) is 24.0 Å². The highest BCUT2D eigenvalue weighted by Gasteiger charge is 2.17. The van der Waals surface area contributed by atoms with Gasteiger partial charge >= 0.3 is 0 Å². The van der Waals surface area contributed by atoms with E-state index in [1.807, 2.05) is 12.1 Å². The lowest BCUT2D eigenvalue weighted by molar-refractivity contribution is 0.0168. The fraction of sp³-hybridized carbons (Fsp3) is 0.727. The molecule has 1 saturated heterocycles. The second kappa shape index (κ2) is 14.8. The van der Waals surface area contributed by atoms with Crippen LogP contribution in [-0.2, 0) is 16.0 Å². The Bertz CT molecular complexity index is 620. The van der Waals surface area contributed by atoms with E-state index in [4.69, 9.17) is 14.2 Å². The maximum atomic E-state index is 6.00. The van der Waals surface area contributed by atoms with Crippen LogP contribution in [0.25, 0.3) is 0 Å². The van der Waals surface area contributed by atoms with Crippen molar-refractivity contribution in [2.24, 2.45) is 4.99 Å².